The third-order valence-electron chi connectivity index (χ3n) is 5.32. The summed E-state index contributed by atoms with van der Waals surface area (Å²) in [5, 5.41) is 2.61. The van der Waals surface area contributed by atoms with Crippen molar-refractivity contribution in [2.24, 2.45) is 11.3 Å². The Balaban J connectivity index is 1.67. The van der Waals surface area contributed by atoms with Crippen molar-refractivity contribution in [2.45, 2.75) is 58.7 Å². The molecule has 1 saturated carbocycles. The molecule has 1 amide bonds. The lowest BCUT2D eigenvalue weighted by Gasteiger charge is -2.50. The van der Waals surface area contributed by atoms with Crippen molar-refractivity contribution in [1.82, 2.24) is 0 Å². The maximum Gasteiger partial charge on any atom is 0.314 e. The minimum atomic E-state index is -0.703. The highest BCUT2D eigenvalue weighted by atomic mass is 19.1. The summed E-state index contributed by atoms with van der Waals surface area (Å²) in [6.45, 7) is 8.92. The van der Waals surface area contributed by atoms with E-state index in [9.17, 15) is 14.0 Å². The Labute approximate surface area is 153 Å². The molecule has 0 spiro atoms. The minimum absolute atomic E-state index is 0.0118. The van der Waals surface area contributed by atoms with Gasteiger partial charge in [0.1, 0.15) is 11.9 Å². The van der Waals surface area contributed by atoms with Crippen LogP contribution in [0.1, 0.15) is 52.0 Å². The van der Waals surface area contributed by atoms with E-state index in [1.165, 1.54) is 18.2 Å². The van der Waals surface area contributed by atoms with Crippen molar-refractivity contribution in [2.75, 3.05) is 11.9 Å². The third-order valence-corrected chi connectivity index (χ3v) is 5.32. The zero-order chi connectivity index (χ0) is 19.1. The van der Waals surface area contributed by atoms with Crippen molar-refractivity contribution in [1.29, 1.82) is 0 Å². The average molecular weight is 363 g/mol. The maximum absolute atomic E-state index is 13.4. The van der Waals surface area contributed by atoms with Crippen molar-refractivity contribution in [3.8, 4) is 0 Å². The van der Waals surface area contributed by atoms with Gasteiger partial charge in [-0.1, -0.05) is 33.8 Å². The summed E-state index contributed by atoms with van der Waals surface area (Å²) in [5.74, 6) is -1.46. The van der Waals surface area contributed by atoms with Crippen molar-refractivity contribution in [3.05, 3.63) is 29.6 Å². The summed E-state index contributed by atoms with van der Waals surface area (Å²) in [7, 11) is 0. The Bertz CT molecular complexity index is 716. The number of ether oxygens (including phenoxy) is 2. The van der Waals surface area contributed by atoms with Gasteiger partial charge in [-0.05, 0) is 23.6 Å². The van der Waals surface area contributed by atoms with E-state index in [0.29, 0.717) is 30.2 Å². The summed E-state index contributed by atoms with van der Waals surface area (Å²) in [4.78, 5) is 24.6. The number of rotatable bonds is 5. The van der Waals surface area contributed by atoms with E-state index in [1.807, 2.05) is 13.8 Å². The van der Waals surface area contributed by atoms with Crippen LogP contribution < -0.4 is 5.32 Å². The number of hydrogen-bond acceptors (Lipinski definition) is 4. The van der Waals surface area contributed by atoms with Crippen LogP contribution in [0.4, 0.5) is 10.1 Å². The van der Waals surface area contributed by atoms with E-state index in [4.69, 9.17) is 9.47 Å². The quantitative estimate of drug-likeness (QED) is 0.812. The Morgan fingerprint density at radius 2 is 2.08 bits per heavy atom. The molecule has 0 aromatic heterocycles. The van der Waals surface area contributed by atoms with Crippen LogP contribution in [0.2, 0.25) is 0 Å². The molecule has 1 fully saturated rings. The molecule has 5 nitrogen and oxygen atoms in total. The number of hydrogen-bond donors (Lipinski definition) is 1. The normalized spacial score (nSPS) is 26.7. The van der Waals surface area contributed by atoms with Crippen LogP contribution in [0.3, 0.4) is 0 Å². The fourth-order valence-corrected chi connectivity index (χ4v) is 3.51. The monoisotopic (exact) mass is 363 g/mol. The summed E-state index contributed by atoms with van der Waals surface area (Å²) >= 11 is 0. The van der Waals surface area contributed by atoms with Gasteiger partial charge in [0.05, 0.1) is 12.0 Å². The molecule has 0 bridgehead atoms. The smallest absolute Gasteiger partial charge is 0.314 e. The standard InChI is InChI=1S/C20H26FNO4/c1-11(2)10-25-16-9-17(20(16,3)4)26-19(24)14-8-18(23)22-15-7-12(21)5-6-13(14)15/h5-7,11,14,16-17H,8-10H2,1-4H3,(H,22,23)/t14-,16-,17-/m1/s1. The lowest BCUT2D eigenvalue weighted by molar-refractivity contribution is -0.206. The molecule has 142 valence electrons. The van der Waals surface area contributed by atoms with Gasteiger partial charge >= 0.3 is 5.97 Å². The number of halogens is 1. The van der Waals surface area contributed by atoms with Crippen molar-refractivity contribution < 1.29 is 23.5 Å². The Hall–Kier alpha value is -1.95. The highest BCUT2D eigenvalue weighted by Crippen LogP contribution is 2.46. The number of amides is 1. The molecule has 0 unspecified atom stereocenters. The van der Waals surface area contributed by atoms with Crippen LogP contribution >= 0.6 is 0 Å². The molecule has 1 N–H and O–H groups in total. The molecule has 3 rings (SSSR count). The van der Waals surface area contributed by atoms with E-state index in [-0.39, 0.29) is 30.0 Å². The number of carbonyl (C=O) groups excluding carboxylic acids is 2. The van der Waals surface area contributed by atoms with E-state index in [1.54, 1.807) is 0 Å². The molecular weight excluding hydrogens is 337 g/mol. The van der Waals surface area contributed by atoms with Gasteiger partial charge in [-0.2, -0.15) is 0 Å². The van der Waals surface area contributed by atoms with Gasteiger partial charge in [-0.15, -0.1) is 0 Å². The largest absolute Gasteiger partial charge is 0.461 e. The van der Waals surface area contributed by atoms with E-state index < -0.39 is 17.7 Å². The summed E-state index contributed by atoms with van der Waals surface area (Å²) < 4.78 is 25.0. The van der Waals surface area contributed by atoms with E-state index >= 15 is 0 Å². The highest BCUT2D eigenvalue weighted by Gasteiger charge is 2.52. The topological polar surface area (TPSA) is 64.6 Å². The van der Waals surface area contributed by atoms with Crippen molar-refractivity contribution in [3.63, 3.8) is 0 Å². The molecule has 3 atom stereocenters. The molecule has 1 aliphatic carbocycles. The van der Waals surface area contributed by atoms with E-state index in [0.717, 1.165) is 0 Å². The molecule has 2 aliphatic rings. The van der Waals surface area contributed by atoms with Crippen LogP contribution in [-0.4, -0.2) is 30.7 Å². The zero-order valence-corrected chi connectivity index (χ0v) is 15.7. The summed E-state index contributed by atoms with van der Waals surface area (Å²) in [6.07, 6.45) is 0.471. The fourth-order valence-electron chi connectivity index (χ4n) is 3.51. The van der Waals surface area contributed by atoms with Gasteiger partial charge in [-0.25, -0.2) is 4.39 Å². The zero-order valence-electron chi connectivity index (χ0n) is 15.7. The Morgan fingerprint density at radius 1 is 1.35 bits per heavy atom. The molecule has 1 aromatic carbocycles. The van der Waals surface area contributed by atoms with E-state index in [2.05, 4.69) is 19.2 Å². The van der Waals surface area contributed by atoms with Crippen LogP contribution in [0.5, 0.6) is 0 Å². The predicted octanol–water partition coefficient (Wildman–Crippen LogP) is 3.63. The number of nitrogens with one attached hydrogen (secondary N) is 1. The second kappa shape index (κ2) is 6.99. The molecule has 0 saturated heterocycles. The van der Waals surface area contributed by atoms with Crippen LogP contribution in [0.25, 0.3) is 0 Å². The van der Waals surface area contributed by atoms with Gasteiger partial charge in [0.15, 0.2) is 0 Å². The van der Waals surface area contributed by atoms with Gasteiger partial charge in [0.2, 0.25) is 5.91 Å². The molecule has 1 aromatic rings. The average Bonchev–Trinajstić information content (AvgIpc) is 2.55. The molecule has 6 heteroatoms. The highest BCUT2D eigenvalue weighted by molar-refractivity contribution is 6.00. The first kappa shape index (κ1) is 18.8. The first-order chi connectivity index (χ1) is 12.2. The predicted molar refractivity (Wildman–Crippen MR) is 95.2 cm³/mol. The maximum atomic E-state index is 13.4. The van der Waals surface area contributed by atoms with Crippen LogP contribution in [0, 0.1) is 17.2 Å². The SMILES string of the molecule is CC(C)CO[C@@H]1C[C@@H](OC(=O)[C@@H]2CC(=O)Nc3cc(F)ccc32)C1(C)C. The Kier molecular flexibility index (Phi) is 5.06. The minimum Gasteiger partial charge on any atom is -0.461 e. The molecular formula is C20H26FNO4. The molecule has 1 aliphatic heterocycles. The first-order valence-electron chi connectivity index (χ1n) is 9.10. The van der Waals surface area contributed by atoms with Gasteiger partial charge in [-0.3, -0.25) is 9.59 Å². The molecule has 0 radical (unpaired) electrons. The number of esters is 1. The van der Waals surface area contributed by atoms with Crippen molar-refractivity contribution >= 4 is 17.6 Å². The Morgan fingerprint density at radius 3 is 2.73 bits per heavy atom. The van der Waals surface area contributed by atoms with Gasteiger partial charge in [0, 0.05) is 30.6 Å². The lowest BCUT2D eigenvalue weighted by Crippen LogP contribution is -2.57. The van der Waals surface area contributed by atoms with Gasteiger partial charge < -0.3 is 14.8 Å². The number of benzene rings is 1. The first-order valence-corrected chi connectivity index (χ1v) is 9.10. The number of anilines is 1. The molecule has 26 heavy (non-hydrogen) atoms. The molecule has 1 heterocycles. The second-order valence-corrected chi connectivity index (χ2v) is 8.23. The van der Waals surface area contributed by atoms with Gasteiger partial charge in [0.25, 0.3) is 0 Å². The number of fused-ring (bicyclic) bond motifs is 1. The van der Waals surface area contributed by atoms with Crippen LogP contribution in [-0.2, 0) is 19.1 Å². The third kappa shape index (κ3) is 3.61. The lowest BCUT2D eigenvalue weighted by atomic mass is 9.66. The van der Waals surface area contributed by atoms with Crippen LogP contribution in [0.15, 0.2) is 18.2 Å². The second-order valence-electron chi connectivity index (χ2n) is 8.23. The summed E-state index contributed by atoms with van der Waals surface area (Å²) in [6, 6.07) is 4.06. The fraction of sp³-hybridized carbons (Fsp3) is 0.600. The number of carbonyl (C=O) groups is 2. The summed E-state index contributed by atoms with van der Waals surface area (Å²) in [5.41, 5.74) is 0.669.